The highest BCUT2D eigenvalue weighted by molar-refractivity contribution is 5.96. The Morgan fingerprint density at radius 3 is 1.90 bits per heavy atom. The standard InChI is InChI=1S/C19H27N3O8/c1-3-7-12(4-2)16(25)20-11-6-5-8-13(17(26)27)21-19(30)22-14(18(28)29)9-10-15(23)24/h3-4,7,13-14H,1-2,5-6,8-11H2,(H,20,25)(H,23,24)(H,26,27)(H,28,29)(H2,21,22,30)/b12-7+. The number of allylic oxidation sites excluding steroid dienone is 2. The predicted molar refractivity (Wildman–Crippen MR) is 107 cm³/mol. The summed E-state index contributed by atoms with van der Waals surface area (Å²) in [5, 5.41) is 33.7. The zero-order valence-electron chi connectivity index (χ0n) is 16.4. The molecule has 6 N–H and O–H groups in total. The first-order chi connectivity index (χ1) is 14.1. The van der Waals surface area contributed by atoms with Crippen molar-refractivity contribution in [2.75, 3.05) is 6.54 Å². The van der Waals surface area contributed by atoms with Gasteiger partial charge in [0.1, 0.15) is 12.1 Å². The van der Waals surface area contributed by atoms with Crippen LogP contribution in [-0.2, 0) is 19.2 Å². The lowest BCUT2D eigenvalue weighted by molar-refractivity contribution is -0.140. The second-order valence-corrected chi connectivity index (χ2v) is 6.15. The largest absolute Gasteiger partial charge is 0.481 e. The molecule has 0 spiro atoms. The molecule has 0 aromatic carbocycles. The third-order valence-electron chi connectivity index (χ3n) is 3.84. The second kappa shape index (κ2) is 14.4. The van der Waals surface area contributed by atoms with E-state index in [-0.39, 0.29) is 25.3 Å². The lowest BCUT2D eigenvalue weighted by Crippen LogP contribution is -2.51. The highest BCUT2D eigenvalue weighted by Gasteiger charge is 2.24. The van der Waals surface area contributed by atoms with Crippen molar-refractivity contribution in [1.82, 2.24) is 16.0 Å². The number of rotatable bonds is 15. The molecule has 0 aromatic heterocycles. The zero-order valence-corrected chi connectivity index (χ0v) is 16.4. The summed E-state index contributed by atoms with van der Waals surface area (Å²) in [5.41, 5.74) is 0.336. The van der Waals surface area contributed by atoms with Gasteiger partial charge >= 0.3 is 23.9 Å². The number of carbonyl (C=O) groups is 5. The number of hydrogen-bond donors (Lipinski definition) is 6. The minimum atomic E-state index is -1.46. The monoisotopic (exact) mass is 425 g/mol. The fourth-order valence-electron chi connectivity index (χ4n) is 2.28. The Kier molecular flexibility index (Phi) is 12.6. The molecule has 11 heteroatoms. The molecule has 30 heavy (non-hydrogen) atoms. The van der Waals surface area contributed by atoms with E-state index in [2.05, 4.69) is 23.8 Å². The molecule has 0 saturated carbocycles. The molecule has 166 valence electrons. The van der Waals surface area contributed by atoms with Crippen LogP contribution in [0, 0.1) is 0 Å². The minimum absolute atomic E-state index is 0.0439. The summed E-state index contributed by atoms with van der Waals surface area (Å²) in [4.78, 5) is 56.6. The summed E-state index contributed by atoms with van der Waals surface area (Å²) in [6.45, 7) is 7.27. The number of amides is 3. The average molecular weight is 425 g/mol. The fraction of sp³-hybridized carbons (Fsp3) is 0.421. The first-order valence-corrected chi connectivity index (χ1v) is 9.10. The molecule has 3 amide bonds. The van der Waals surface area contributed by atoms with Gasteiger partial charge in [-0.05, 0) is 25.7 Å². The Morgan fingerprint density at radius 2 is 1.43 bits per heavy atom. The summed E-state index contributed by atoms with van der Waals surface area (Å²) >= 11 is 0. The van der Waals surface area contributed by atoms with Gasteiger partial charge in [-0.2, -0.15) is 0 Å². The summed E-state index contributed by atoms with van der Waals surface area (Å²) in [6.07, 6.45) is 4.33. The SMILES string of the molecule is C=C/C=C(\C=C)C(=O)NCCCCC(NC(=O)NC(CCC(=O)O)C(=O)O)C(=O)O. The number of urea groups is 1. The number of hydrogen-bond acceptors (Lipinski definition) is 5. The van der Waals surface area contributed by atoms with Crippen molar-refractivity contribution in [2.24, 2.45) is 0 Å². The minimum Gasteiger partial charge on any atom is -0.481 e. The molecule has 0 aliphatic rings. The molecule has 0 aliphatic heterocycles. The summed E-state index contributed by atoms with van der Waals surface area (Å²) in [5.74, 6) is -4.31. The topological polar surface area (TPSA) is 182 Å². The van der Waals surface area contributed by atoms with Crippen molar-refractivity contribution in [3.63, 3.8) is 0 Å². The summed E-state index contributed by atoms with van der Waals surface area (Å²) in [7, 11) is 0. The van der Waals surface area contributed by atoms with E-state index in [9.17, 15) is 29.1 Å². The van der Waals surface area contributed by atoms with Crippen LogP contribution in [0.3, 0.4) is 0 Å². The van der Waals surface area contributed by atoms with Gasteiger partial charge in [-0.1, -0.05) is 31.4 Å². The second-order valence-electron chi connectivity index (χ2n) is 6.15. The molecule has 2 unspecified atom stereocenters. The Hall–Kier alpha value is -3.63. The zero-order chi connectivity index (χ0) is 23.1. The summed E-state index contributed by atoms with van der Waals surface area (Å²) < 4.78 is 0. The van der Waals surface area contributed by atoms with Gasteiger partial charge in [0.2, 0.25) is 0 Å². The van der Waals surface area contributed by atoms with Crippen LogP contribution in [0.5, 0.6) is 0 Å². The number of carboxylic acid groups (broad SMARTS) is 3. The van der Waals surface area contributed by atoms with Gasteiger partial charge in [-0.3, -0.25) is 9.59 Å². The normalized spacial score (nSPS) is 12.7. The van der Waals surface area contributed by atoms with Crippen molar-refractivity contribution < 1.29 is 39.3 Å². The molecule has 0 aliphatic carbocycles. The maximum absolute atomic E-state index is 11.9. The highest BCUT2D eigenvalue weighted by Crippen LogP contribution is 2.03. The molecule has 0 heterocycles. The van der Waals surface area contributed by atoms with E-state index in [0.29, 0.717) is 18.4 Å². The van der Waals surface area contributed by atoms with Gasteiger partial charge in [0.25, 0.3) is 5.91 Å². The van der Waals surface area contributed by atoms with Crippen molar-refractivity contribution >= 4 is 29.8 Å². The Morgan fingerprint density at radius 1 is 0.867 bits per heavy atom. The van der Waals surface area contributed by atoms with Crippen molar-refractivity contribution in [1.29, 1.82) is 0 Å². The van der Waals surface area contributed by atoms with E-state index in [1.807, 2.05) is 5.32 Å². The lowest BCUT2D eigenvalue weighted by atomic mass is 10.1. The van der Waals surface area contributed by atoms with Crippen LogP contribution in [0.1, 0.15) is 32.1 Å². The van der Waals surface area contributed by atoms with E-state index in [4.69, 9.17) is 10.2 Å². The molecule has 0 saturated heterocycles. The van der Waals surface area contributed by atoms with Crippen LogP contribution >= 0.6 is 0 Å². The summed E-state index contributed by atoms with van der Waals surface area (Å²) in [6, 6.07) is -3.77. The van der Waals surface area contributed by atoms with E-state index in [0.717, 1.165) is 0 Å². The molecule has 0 bridgehead atoms. The van der Waals surface area contributed by atoms with Gasteiger partial charge in [-0.25, -0.2) is 14.4 Å². The van der Waals surface area contributed by atoms with Crippen LogP contribution in [0.2, 0.25) is 0 Å². The number of carbonyl (C=O) groups excluding carboxylic acids is 2. The Bertz CT molecular complexity index is 702. The van der Waals surface area contributed by atoms with Crippen molar-refractivity contribution in [3.8, 4) is 0 Å². The van der Waals surface area contributed by atoms with Crippen LogP contribution in [-0.4, -0.2) is 63.8 Å². The highest BCUT2D eigenvalue weighted by atomic mass is 16.4. The van der Waals surface area contributed by atoms with E-state index in [1.54, 1.807) is 0 Å². The van der Waals surface area contributed by atoms with Gasteiger partial charge in [0, 0.05) is 18.5 Å². The lowest BCUT2D eigenvalue weighted by Gasteiger charge is -2.18. The van der Waals surface area contributed by atoms with Gasteiger partial charge in [0.05, 0.1) is 0 Å². The van der Waals surface area contributed by atoms with E-state index >= 15 is 0 Å². The first-order valence-electron chi connectivity index (χ1n) is 9.10. The van der Waals surface area contributed by atoms with Crippen LogP contribution in [0.15, 0.2) is 37.0 Å². The van der Waals surface area contributed by atoms with Gasteiger partial charge in [0.15, 0.2) is 0 Å². The maximum Gasteiger partial charge on any atom is 0.326 e. The molecule has 2 atom stereocenters. The van der Waals surface area contributed by atoms with E-state index in [1.165, 1.54) is 18.2 Å². The molecule has 0 rings (SSSR count). The quantitative estimate of drug-likeness (QED) is 0.125. The number of nitrogens with one attached hydrogen (secondary N) is 3. The fourth-order valence-corrected chi connectivity index (χ4v) is 2.28. The smallest absolute Gasteiger partial charge is 0.326 e. The molecular formula is C19H27N3O8. The molecule has 0 aromatic rings. The van der Waals surface area contributed by atoms with Crippen molar-refractivity contribution in [2.45, 2.75) is 44.2 Å². The van der Waals surface area contributed by atoms with Gasteiger partial charge in [-0.15, -0.1) is 0 Å². The number of carboxylic acids is 3. The first kappa shape index (κ1) is 26.4. The third kappa shape index (κ3) is 11.3. The Balaban J connectivity index is 4.49. The Labute approximate surface area is 173 Å². The van der Waals surface area contributed by atoms with E-state index < -0.39 is 42.4 Å². The van der Waals surface area contributed by atoms with Gasteiger partial charge < -0.3 is 31.3 Å². The molecule has 0 radical (unpaired) electrons. The maximum atomic E-state index is 11.9. The molecule has 0 fully saturated rings. The number of aliphatic carboxylic acids is 3. The average Bonchev–Trinajstić information content (AvgIpc) is 2.67. The van der Waals surface area contributed by atoms with Crippen molar-refractivity contribution in [3.05, 3.63) is 37.0 Å². The number of unbranched alkanes of at least 4 members (excludes halogenated alkanes) is 1. The van der Waals surface area contributed by atoms with Crippen LogP contribution in [0.4, 0.5) is 4.79 Å². The van der Waals surface area contributed by atoms with Crippen LogP contribution < -0.4 is 16.0 Å². The molecular weight excluding hydrogens is 398 g/mol. The third-order valence-corrected chi connectivity index (χ3v) is 3.84. The molecule has 11 nitrogen and oxygen atoms in total. The predicted octanol–water partition coefficient (Wildman–Crippen LogP) is 0.642. The van der Waals surface area contributed by atoms with Crippen LogP contribution in [0.25, 0.3) is 0 Å².